The van der Waals surface area contributed by atoms with Crippen LogP contribution in [0.5, 0.6) is 5.75 Å². The molecule has 0 amide bonds. The summed E-state index contributed by atoms with van der Waals surface area (Å²) < 4.78 is 16.7. The summed E-state index contributed by atoms with van der Waals surface area (Å²) in [5.41, 5.74) is 2.43. The van der Waals surface area contributed by atoms with Crippen molar-refractivity contribution in [3.8, 4) is 5.75 Å². The molecular formula is C24H41IN4O3. The van der Waals surface area contributed by atoms with Gasteiger partial charge in [-0.15, -0.1) is 24.0 Å². The van der Waals surface area contributed by atoms with Crippen LogP contribution in [-0.4, -0.2) is 76.1 Å². The number of guanidine groups is 1. The molecule has 8 heteroatoms. The molecule has 2 aliphatic rings. The fourth-order valence-electron chi connectivity index (χ4n) is 4.46. The molecule has 0 unspecified atom stereocenters. The maximum absolute atomic E-state index is 5.93. The molecule has 0 atom stereocenters. The molecule has 0 aliphatic carbocycles. The third kappa shape index (κ3) is 7.74. The third-order valence-electron chi connectivity index (χ3n) is 6.30. The molecule has 0 aromatic heterocycles. The van der Waals surface area contributed by atoms with Gasteiger partial charge in [-0.3, -0.25) is 4.90 Å². The highest BCUT2D eigenvalue weighted by Crippen LogP contribution is 2.30. The zero-order chi connectivity index (χ0) is 21.9. The smallest absolute Gasteiger partial charge is 0.191 e. The van der Waals surface area contributed by atoms with E-state index in [2.05, 4.69) is 47.6 Å². The predicted octanol–water partition coefficient (Wildman–Crippen LogP) is 3.34. The Hall–Kier alpha value is -1.10. The molecule has 182 valence electrons. The van der Waals surface area contributed by atoms with E-state index in [0.717, 1.165) is 56.4 Å². The van der Waals surface area contributed by atoms with Gasteiger partial charge in [-0.25, -0.2) is 4.99 Å². The Labute approximate surface area is 210 Å². The van der Waals surface area contributed by atoms with Gasteiger partial charge >= 0.3 is 0 Å². The number of nitrogens with zero attached hydrogens (tertiary/aromatic N) is 2. The number of ether oxygens (including phenoxy) is 3. The van der Waals surface area contributed by atoms with E-state index in [9.17, 15) is 0 Å². The number of aryl methyl sites for hydroxylation is 1. The number of rotatable bonds is 10. The number of benzene rings is 1. The Morgan fingerprint density at radius 1 is 1.16 bits per heavy atom. The van der Waals surface area contributed by atoms with Gasteiger partial charge in [0, 0.05) is 44.5 Å². The molecular weight excluding hydrogens is 519 g/mol. The van der Waals surface area contributed by atoms with Crippen LogP contribution in [0.3, 0.4) is 0 Å². The minimum absolute atomic E-state index is 0. The lowest BCUT2D eigenvalue weighted by atomic mass is 9.88. The van der Waals surface area contributed by atoms with E-state index in [0.29, 0.717) is 19.8 Å². The van der Waals surface area contributed by atoms with Crippen molar-refractivity contribution in [2.75, 3.05) is 59.7 Å². The van der Waals surface area contributed by atoms with Crippen LogP contribution in [0, 0.1) is 6.92 Å². The zero-order valence-electron chi connectivity index (χ0n) is 20.0. The van der Waals surface area contributed by atoms with Crippen molar-refractivity contribution in [1.82, 2.24) is 15.5 Å². The molecule has 0 radical (unpaired) electrons. The van der Waals surface area contributed by atoms with Crippen molar-refractivity contribution in [2.24, 2.45) is 4.99 Å². The topological polar surface area (TPSA) is 67.4 Å². The van der Waals surface area contributed by atoms with Gasteiger partial charge in [-0.05, 0) is 64.3 Å². The standard InChI is InChI=1S/C24H40N4O3.HI/c1-4-25-23(26-18-21-8-7-20(2)17-22(21)31-16-15-29-3)27-19-24(9-13-30-14-10-24)28-11-5-6-12-28;/h7-8,17H,4-6,9-16,18-19H2,1-3H3,(H2,25,26,27);1H. The van der Waals surface area contributed by atoms with Crippen molar-refractivity contribution >= 4 is 29.9 Å². The van der Waals surface area contributed by atoms with Gasteiger partial charge in [0.05, 0.1) is 13.2 Å². The molecule has 3 rings (SSSR count). The monoisotopic (exact) mass is 560 g/mol. The summed E-state index contributed by atoms with van der Waals surface area (Å²) in [6.45, 7) is 11.7. The lowest BCUT2D eigenvalue weighted by Gasteiger charge is -2.45. The highest BCUT2D eigenvalue weighted by atomic mass is 127. The molecule has 0 saturated carbocycles. The Morgan fingerprint density at radius 2 is 1.91 bits per heavy atom. The number of aliphatic imine (C=N–C) groups is 1. The first-order valence-electron chi connectivity index (χ1n) is 11.7. The lowest BCUT2D eigenvalue weighted by Crippen LogP contribution is -2.58. The second-order valence-electron chi connectivity index (χ2n) is 8.53. The van der Waals surface area contributed by atoms with E-state index >= 15 is 0 Å². The summed E-state index contributed by atoms with van der Waals surface area (Å²) in [7, 11) is 1.69. The van der Waals surface area contributed by atoms with Crippen LogP contribution < -0.4 is 15.4 Å². The fourth-order valence-corrected chi connectivity index (χ4v) is 4.46. The summed E-state index contributed by atoms with van der Waals surface area (Å²) in [6, 6.07) is 6.29. The number of likely N-dealkylation sites (tertiary alicyclic amines) is 1. The molecule has 2 N–H and O–H groups in total. The fraction of sp³-hybridized carbons (Fsp3) is 0.708. The van der Waals surface area contributed by atoms with E-state index in [-0.39, 0.29) is 29.5 Å². The SMILES string of the molecule is CCNC(=NCc1ccc(C)cc1OCCOC)NCC1(N2CCCC2)CCOCC1.I. The van der Waals surface area contributed by atoms with Gasteiger partial charge in [0.2, 0.25) is 0 Å². The summed E-state index contributed by atoms with van der Waals surface area (Å²) >= 11 is 0. The van der Waals surface area contributed by atoms with Crippen LogP contribution >= 0.6 is 24.0 Å². The Balaban J connectivity index is 0.00000363. The van der Waals surface area contributed by atoms with Crippen molar-refractivity contribution in [2.45, 2.75) is 51.6 Å². The van der Waals surface area contributed by atoms with Crippen LogP contribution in [0.4, 0.5) is 0 Å². The van der Waals surface area contributed by atoms with Gasteiger partial charge in [0.25, 0.3) is 0 Å². The maximum atomic E-state index is 5.93. The minimum Gasteiger partial charge on any atom is -0.491 e. The average Bonchev–Trinajstić information content (AvgIpc) is 3.33. The highest BCUT2D eigenvalue weighted by Gasteiger charge is 2.39. The molecule has 7 nitrogen and oxygen atoms in total. The van der Waals surface area contributed by atoms with Crippen molar-refractivity contribution in [3.63, 3.8) is 0 Å². The molecule has 2 heterocycles. The van der Waals surface area contributed by atoms with E-state index < -0.39 is 0 Å². The molecule has 2 fully saturated rings. The number of hydrogen-bond acceptors (Lipinski definition) is 5. The highest BCUT2D eigenvalue weighted by molar-refractivity contribution is 14.0. The van der Waals surface area contributed by atoms with E-state index in [1.807, 2.05) is 0 Å². The van der Waals surface area contributed by atoms with Gasteiger partial charge in [-0.1, -0.05) is 12.1 Å². The Bertz CT molecular complexity index is 704. The summed E-state index contributed by atoms with van der Waals surface area (Å²) in [5, 5.41) is 7.05. The molecule has 1 aromatic carbocycles. The molecule has 2 aliphatic heterocycles. The quantitative estimate of drug-likeness (QED) is 0.198. The second kappa shape index (κ2) is 14.2. The van der Waals surface area contributed by atoms with Crippen LogP contribution in [0.1, 0.15) is 43.7 Å². The molecule has 0 bridgehead atoms. The van der Waals surface area contributed by atoms with Crippen LogP contribution in [0.15, 0.2) is 23.2 Å². The van der Waals surface area contributed by atoms with Gasteiger partial charge in [-0.2, -0.15) is 0 Å². The summed E-state index contributed by atoms with van der Waals surface area (Å²) in [5.74, 6) is 1.74. The van der Waals surface area contributed by atoms with E-state index in [1.165, 1.54) is 31.5 Å². The zero-order valence-corrected chi connectivity index (χ0v) is 22.3. The second-order valence-corrected chi connectivity index (χ2v) is 8.53. The first kappa shape index (κ1) is 27.1. The first-order valence-corrected chi connectivity index (χ1v) is 11.7. The van der Waals surface area contributed by atoms with E-state index in [4.69, 9.17) is 19.2 Å². The number of hydrogen-bond donors (Lipinski definition) is 2. The molecule has 0 spiro atoms. The number of nitrogens with one attached hydrogen (secondary N) is 2. The average molecular weight is 561 g/mol. The maximum Gasteiger partial charge on any atom is 0.191 e. The number of halogens is 1. The summed E-state index contributed by atoms with van der Waals surface area (Å²) in [6.07, 6.45) is 4.76. The largest absolute Gasteiger partial charge is 0.491 e. The van der Waals surface area contributed by atoms with Crippen molar-refractivity contribution < 1.29 is 14.2 Å². The molecule has 2 saturated heterocycles. The normalized spacial score (nSPS) is 18.8. The van der Waals surface area contributed by atoms with Gasteiger partial charge < -0.3 is 24.8 Å². The molecule has 32 heavy (non-hydrogen) atoms. The summed E-state index contributed by atoms with van der Waals surface area (Å²) in [4.78, 5) is 7.55. The lowest BCUT2D eigenvalue weighted by molar-refractivity contribution is -0.0164. The van der Waals surface area contributed by atoms with Crippen LogP contribution in [0.25, 0.3) is 0 Å². The van der Waals surface area contributed by atoms with Crippen LogP contribution in [-0.2, 0) is 16.0 Å². The first-order chi connectivity index (χ1) is 15.2. The van der Waals surface area contributed by atoms with Crippen molar-refractivity contribution in [1.29, 1.82) is 0 Å². The number of methoxy groups -OCH3 is 1. The van der Waals surface area contributed by atoms with Gasteiger partial charge in [0.15, 0.2) is 5.96 Å². The minimum atomic E-state index is 0. The predicted molar refractivity (Wildman–Crippen MR) is 140 cm³/mol. The van der Waals surface area contributed by atoms with Crippen LogP contribution in [0.2, 0.25) is 0 Å². The van der Waals surface area contributed by atoms with Crippen molar-refractivity contribution in [3.05, 3.63) is 29.3 Å². The van der Waals surface area contributed by atoms with Gasteiger partial charge in [0.1, 0.15) is 12.4 Å². The van der Waals surface area contributed by atoms with E-state index in [1.54, 1.807) is 7.11 Å². The molecule has 1 aromatic rings. The Kier molecular flexibility index (Phi) is 12.1. The third-order valence-corrected chi connectivity index (χ3v) is 6.30. The Morgan fingerprint density at radius 3 is 2.59 bits per heavy atom.